The number of hydrogen-bond donors (Lipinski definition) is 1. The second-order valence-corrected chi connectivity index (χ2v) is 6.85. The van der Waals surface area contributed by atoms with Gasteiger partial charge in [0.05, 0.1) is 12.7 Å². The summed E-state index contributed by atoms with van der Waals surface area (Å²) in [5.74, 6) is -0.697. The van der Waals surface area contributed by atoms with Crippen LogP contribution in [0.25, 0.3) is 10.1 Å². The summed E-state index contributed by atoms with van der Waals surface area (Å²) < 4.78 is 5.81. The van der Waals surface area contributed by atoms with E-state index >= 15 is 0 Å². The number of thiophene rings is 1. The van der Waals surface area contributed by atoms with Gasteiger partial charge in [-0.3, -0.25) is 4.79 Å². The Hall–Kier alpha value is -2.31. The van der Waals surface area contributed by atoms with E-state index in [1.807, 2.05) is 48.7 Å². The van der Waals surface area contributed by atoms with E-state index in [-0.39, 0.29) is 5.91 Å². The molecule has 1 aromatic heterocycles. The number of carbonyl (C=O) groups is 2. The van der Waals surface area contributed by atoms with Gasteiger partial charge in [0.25, 0.3) is 5.91 Å². The molecule has 3 rings (SSSR count). The number of ether oxygens (including phenoxy) is 1. The average Bonchev–Trinajstić information content (AvgIpc) is 2.98. The molecule has 4 nitrogen and oxygen atoms in total. The third kappa shape index (κ3) is 3.02. The average molecular weight is 357 g/mol. The molecule has 0 radical (unpaired) electrons. The third-order valence-corrected chi connectivity index (χ3v) is 5.45. The van der Waals surface area contributed by atoms with Crippen molar-refractivity contribution < 1.29 is 14.3 Å². The Morgan fingerprint density at radius 3 is 2.54 bits per heavy atom. The number of methoxy groups -OCH3 is 1. The summed E-state index contributed by atoms with van der Waals surface area (Å²) in [5.41, 5.74) is 0.978. The highest BCUT2D eigenvalue weighted by Gasteiger charge is 2.22. The molecule has 0 aliphatic heterocycles. The fourth-order valence-electron chi connectivity index (χ4n) is 2.44. The zero-order valence-electron chi connectivity index (χ0n) is 13.2. The molecule has 1 heterocycles. The number of thioether (sulfide) groups is 1. The van der Waals surface area contributed by atoms with E-state index in [0.717, 1.165) is 15.0 Å². The van der Waals surface area contributed by atoms with Crippen molar-refractivity contribution in [2.75, 3.05) is 18.7 Å². The fourth-order valence-corrected chi connectivity index (χ4v) is 4.12. The Morgan fingerprint density at radius 2 is 1.79 bits per heavy atom. The number of amides is 1. The summed E-state index contributed by atoms with van der Waals surface area (Å²) in [7, 11) is 1.34. The molecule has 0 unspecified atom stereocenters. The summed E-state index contributed by atoms with van der Waals surface area (Å²) in [5, 5.41) is 4.16. The molecule has 0 aliphatic carbocycles. The molecular weight excluding hydrogens is 342 g/mol. The van der Waals surface area contributed by atoms with Crippen LogP contribution in [0.15, 0.2) is 53.4 Å². The Bertz CT molecular complexity index is 918. The molecule has 0 bridgehead atoms. The van der Waals surface area contributed by atoms with Crippen molar-refractivity contribution in [1.82, 2.24) is 0 Å². The van der Waals surface area contributed by atoms with Gasteiger partial charge in [-0.05, 0) is 24.5 Å². The topological polar surface area (TPSA) is 55.4 Å². The molecule has 3 aromatic rings. The van der Waals surface area contributed by atoms with E-state index in [9.17, 15) is 9.59 Å². The van der Waals surface area contributed by atoms with E-state index in [4.69, 9.17) is 4.74 Å². The van der Waals surface area contributed by atoms with E-state index in [2.05, 4.69) is 5.32 Å². The van der Waals surface area contributed by atoms with Gasteiger partial charge in [-0.1, -0.05) is 30.3 Å². The Labute approximate surface area is 147 Å². The van der Waals surface area contributed by atoms with Gasteiger partial charge < -0.3 is 10.1 Å². The van der Waals surface area contributed by atoms with Gasteiger partial charge in [0, 0.05) is 15.0 Å². The number of carbonyl (C=O) groups excluding carboxylic acids is 2. The summed E-state index contributed by atoms with van der Waals surface area (Å²) in [6.07, 6.45) is 1.92. The zero-order chi connectivity index (χ0) is 17.1. The molecule has 1 amide bonds. The van der Waals surface area contributed by atoms with Crippen molar-refractivity contribution in [2.45, 2.75) is 4.90 Å². The fraction of sp³-hybridized carbons (Fsp3) is 0.111. The second kappa shape index (κ2) is 7.07. The maximum atomic E-state index is 12.7. The lowest BCUT2D eigenvalue weighted by Crippen LogP contribution is -2.14. The maximum Gasteiger partial charge on any atom is 0.341 e. The quantitative estimate of drug-likeness (QED) is 0.545. The summed E-state index contributed by atoms with van der Waals surface area (Å²) >= 11 is 2.87. The van der Waals surface area contributed by atoms with Gasteiger partial charge in [0.1, 0.15) is 10.6 Å². The first kappa shape index (κ1) is 16.5. The van der Waals surface area contributed by atoms with E-state index in [1.54, 1.807) is 6.07 Å². The van der Waals surface area contributed by atoms with Gasteiger partial charge in [-0.15, -0.1) is 23.1 Å². The highest BCUT2D eigenvalue weighted by Crippen LogP contribution is 2.36. The minimum Gasteiger partial charge on any atom is -0.465 e. The van der Waals surface area contributed by atoms with Crippen LogP contribution in [-0.4, -0.2) is 25.2 Å². The predicted octanol–water partition coefficient (Wildman–Crippen LogP) is 4.66. The zero-order valence-corrected chi connectivity index (χ0v) is 14.8. The van der Waals surface area contributed by atoms with Crippen LogP contribution in [0.5, 0.6) is 0 Å². The monoisotopic (exact) mass is 357 g/mol. The number of nitrogens with one attached hydrogen (secondary N) is 1. The molecule has 0 spiro atoms. The molecule has 0 saturated heterocycles. The Morgan fingerprint density at radius 1 is 1.08 bits per heavy atom. The summed E-state index contributed by atoms with van der Waals surface area (Å²) in [6, 6.07) is 14.9. The number of benzene rings is 2. The molecular formula is C18H15NO3S2. The summed E-state index contributed by atoms with van der Waals surface area (Å²) in [4.78, 5) is 25.7. The van der Waals surface area contributed by atoms with Crippen molar-refractivity contribution in [3.05, 3.63) is 59.7 Å². The molecule has 0 atom stereocenters. The number of rotatable bonds is 4. The third-order valence-electron chi connectivity index (χ3n) is 3.56. The Balaban J connectivity index is 2.03. The maximum absolute atomic E-state index is 12.7. The van der Waals surface area contributed by atoms with Crippen LogP contribution in [0.2, 0.25) is 0 Å². The summed E-state index contributed by atoms with van der Waals surface area (Å²) in [6.45, 7) is 0. The van der Waals surface area contributed by atoms with E-state index in [0.29, 0.717) is 16.1 Å². The molecule has 2 aromatic carbocycles. The molecule has 0 saturated carbocycles. The molecule has 0 aliphatic rings. The van der Waals surface area contributed by atoms with Crippen molar-refractivity contribution in [1.29, 1.82) is 0 Å². The lowest BCUT2D eigenvalue weighted by molar-refractivity contribution is 0.0604. The number of hydrogen-bond acceptors (Lipinski definition) is 5. The predicted molar refractivity (Wildman–Crippen MR) is 99.3 cm³/mol. The first-order chi connectivity index (χ1) is 11.7. The van der Waals surface area contributed by atoms with Crippen LogP contribution in [0.1, 0.15) is 20.7 Å². The molecule has 6 heteroatoms. The second-order valence-electron chi connectivity index (χ2n) is 4.95. The van der Waals surface area contributed by atoms with Gasteiger partial charge in [0.2, 0.25) is 0 Å². The van der Waals surface area contributed by atoms with Crippen molar-refractivity contribution >= 4 is 50.1 Å². The van der Waals surface area contributed by atoms with Crippen LogP contribution < -0.4 is 5.32 Å². The van der Waals surface area contributed by atoms with Crippen molar-refractivity contribution in [3.8, 4) is 0 Å². The number of anilines is 1. The van der Waals surface area contributed by atoms with E-state index < -0.39 is 5.97 Å². The van der Waals surface area contributed by atoms with Crippen molar-refractivity contribution in [3.63, 3.8) is 0 Å². The number of fused-ring (bicyclic) bond motifs is 1. The van der Waals surface area contributed by atoms with Gasteiger partial charge in [-0.2, -0.15) is 0 Å². The molecule has 0 fully saturated rings. The van der Waals surface area contributed by atoms with Crippen molar-refractivity contribution in [2.24, 2.45) is 0 Å². The minimum atomic E-state index is -0.457. The highest BCUT2D eigenvalue weighted by atomic mass is 32.2. The largest absolute Gasteiger partial charge is 0.465 e. The molecule has 122 valence electrons. The first-order valence-corrected chi connectivity index (χ1v) is 9.24. The lowest BCUT2D eigenvalue weighted by atomic mass is 10.1. The highest BCUT2D eigenvalue weighted by molar-refractivity contribution is 7.98. The Kier molecular flexibility index (Phi) is 4.87. The molecule has 1 N–H and O–H groups in total. The van der Waals surface area contributed by atoms with Gasteiger partial charge in [-0.25, -0.2) is 4.79 Å². The van der Waals surface area contributed by atoms with Crippen LogP contribution in [-0.2, 0) is 4.74 Å². The standard InChI is InChI=1S/C18H15NO3S2/c1-22-18(21)15-11-7-3-6-10-14(11)24-17(15)19-16(20)12-8-4-5-9-13(12)23-2/h3-10H,1-2H3,(H,19,20). The number of esters is 1. The first-order valence-electron chi connectivity index (χ1n) is 7.20. The van der Waals surface area contributed by atoms with Crippen LogP contribution in [0, 0.1) is 0 Å². The van der Waals surface area contributed by atoms with E-state index in [1.165, 1.54) is 30.2 Å². The lowest BCUT2D eigenvalue weighted by Gasteiger charge is -2.08. The molecule has 24 heavy (non-hydrogen) atoms. The smallest absolute Gasteiger partial charge is 0.341 e. The minimum absolute atomic E-state index is 0.239. The van der Waals surface area contributed by atoms with Gasteiger partial charge >= 0.3 is 5.97 Å². The van der Waals surface area contributed by atoms with Crippen LogP contribution >= 0.6 is 23.1 Å². The van der Waals surface area contributed by atoms with Gasteiger partial charge in [0.15, 0.2) is 0 Å². The SMILES string of the molecule is COC(=O)c1c(NC(=O)c2ccccc2SC)sc2ccccc12. The normalized spacial score (nSPS) is 10.6. The van der Waals surface area contributed by atoms with Crippen LogP contribution in [0.3, 0.4) is 0 Å². The van der Waals surface area contributed by atoms with Crippen LogP contribution in [0.4, 0.5) is 5.00 Å².